The van der Waals surface area contributed by atoms with Crippen LogP contribution < -0.4 is 35.1 Å². The molecule has 0 bridgehead atoms. The van der Waals surface area contributed by atoms with E-state index >= 15 is 0 Å². The zero-order chi connectivity index (χ0) is 38.6. The van der Waals surface area contributed by atoms with Crippen LogP contribution >= 0.6 is 0 Å². The Morgan fingerprint density at radius 2 is 1.52 bits per heavy atom. The van der Waals surface area contributed by atoms with Crippen molar-refractivity contribution in [2.24, 2.45) is 0 Å². The number of sulfonamides is 1. The maximum Gasteiger partial charge on any atom is 0.323 e. The fourth-order valence-electron chi connectivity index (χ4n) is 6.01. The van der Waals surface area contributed by atoms with Gasteiger partial charge in [0.1, 0.15) is 17.2 Å². The SMILES string of the molecule is COc1cc(Cc2cc(Oc3ccc(NC(=O)Nc4cc(C(C)(C)C)cc(NS(C)(=O)=O)c4OC)c4ccccc34)ccn2)ccc1-n1ccccc1=O. The molecule has 2 heterocycles. The monoisotopic (exact) mass is 747 g/mol. The largest absolute Gasteiger partial charge is 0.495 e. The second-order valence-electron chi connectivity index (χ2n) is 13.6. The predicted octanol–water partition coefficient (Wildman–Crippen LogP) is 8.10. The van der Waals surface area contributed by atoms with Crippen LogP contribution in [-0.2, 0) is 21.9 Å². The van der Waals surface area contributed by atoms with Crippen LogP contribution in [0.5, 0.6) is 23.0 Å². The number of nitrogens with one attached hydrogen (secondary N) is 3. The molecule has 0 unspecified atom stereocenters. The van der Waals surface area contributed by atoms with Crippen LogP contribution in [-0.4, -0.2) is 44.5 Å². The van der Waals surface area contributed by atoms with Crippen molar-refractivity contribution in [1.82, 2.24) is 9.55 Å². The van der Waals surface area contributed by atoms with E-state index in [9.17, 15) is 18.0 Å². The fraction of sp³-hybridized carbons (Fsp3) is 0.195. The maximum atomic E-state index is 13.5. The first kappa shape index (κ1) is 37.4. The fourth-order valence-corrected chi connectivity index (χ4v) is 6.56. The summed E-state index contributed by atoms with van der Waals surface area (Å²) in [5.41, 5.74) is 3.66. The summed E-state index contributed by atoms with van der Waals surface area (Å²) in [5, 5.41) is 7.27. The number of hydrogen-bond donors (Lipinski definition) is 3. The van der Waals surface area contributed by atoms with Crippen molar-refractivity contribution >= 4 is 43.9 Å². The third kappa shape index (κ3) is 8.64. The van der Waals surface area contributed by atoms with E-state index in [-0.39, 0.29) is 22.4 Å². The Labute approximate surface area is 313 Å². The van der Waals surface area contributed by atoms with E-state index in [1.54, 1.807) is 62.0 Å². The van der Waals surface area contributed by atoms with Crippen molar-refractivity contribution < 1.29 is 27.4 Å². The van der Waals surface area contributed by atoms with Crippen molar-refractivity contribution in [3.05, 3.63) is 137 Å². The van der Waals surface area contributed by atoms with Crippen LogP contribution in [0.2, 0.25) is 0 Å². The summed E-state index contributed by atoms with van der Waals surface area (Å²) in [6.07, 6.45) is 4.93. The lowest BCUT2D eigenvalue weighted by Crippen LogP contribution is -2.22. The van der Waals surface area contributed by atoms with Crippen molar-refractivity contribution in [2.45, 2.75) is 32.6 Å². The van der Waals surface area contributed by atoms with Gasteiger partial charge in [0.25, 0.3) is 5.56 Å². The lowest BCUT2D eigenvalue weighted by atomic mass is 9.86. The molecule has 54 heavy (non-hydrogen) atoms. The second kappa shape index (κ2) is 15.3. The Bertz CT molecular complexity index is 2530. The molecule has 0 saturated carbocycles. The van der Waals surface area contributed by atoms with Crippen molar-refractivity contribution in [3.8, 4) is 28.7 Å². The summed E-state index contributed by atoms with van der Waals surface area (Å²) in [6, 6.07) is 28.3. The van der Waals surface area contributed by atoms with E-state index in [2.05, 4.69) is 20.3 Å². The van der Waals surface area contributed by atoms with Gasteiger partial charge in [-0.25, -0.2) is 13.2 Å². The molecule has 0 fully saturated rings. The molecule has 13 heteroatoms. The van der Waals surface area contributed by atoms with Gasteiger partial charge in [-0.3, -0.25) is 19.1 Å². The summed E-state index contributed by atoms with van der Waals surface area (Å²) in [4.78, 5) is 30.4. The Kier molecular flexibility index (Phi) is 10.6. The number of fused-ring (bicyclic) bond motifs is 1. The molecule has 0 aliphatic heterocycles. The number of pyridine rings is 2. The summed E-state index contributed by atoms with van der Waals surface area (Å²) in [5.74, 6) is 1.89. The van der Waals surface area contributed by atoms with E-state index in [0.29, 0.717) is 40.7 Å². The number of methoxy groups -OCH3 is 2. The van der Waals surface area contributed by atoms with Gasteiger partial charge in [-0.1, -0.05) is 57.2 Å². The predicted molar refractivity (Wildman–Crippen MR) is 212 cm³/mol. The number of aromatic nitrogens is 2. The Morgan fingerprint density at radius 1 is 0.796 bits per heavy atom. The average molecular weight is 748 g/mol. The highest BCUT2D eigenvalue weighted by molar-refractivity contribution is 7.92. The number of anilines is 3. The minimum absolute atomic E-state index is 0.155. The van der Waals surface area contributed by atoms with Gasteiger partial charge in [0, 0.05) is 47.4 Å². The number of carbonyl (C=O) groups is 1. The minimum atomic E-state index is -3.64. The first-order valence-corrected chi connectivity index (χ1v) is 18.9. The maximum absolute atomic E-state index is 13.5. The number of benzene rings is 4. The molecule has 6 rings (SSSR count). The van der Waals surface area contributed by atoms with Gasteiger partial charge in [0.2, 0.25) is 10.0 Å². The molecule has 0 saturated heterocycles. The zero-order valence-corrected chi connectivity index (χ0v) is 31.6. The van der Waals surface area contributed by atoms with Gasteiger partial charge >= 0.3 is 6.03 Å². The van der Waals surface area contributed by atoms with Gasteiger partial charge in [0.05, 0.1) is 43.2 Å². The number of amides is 2. The van der Waals surface area contributed by atoms with Crippen LogP contribution in [0.4, 0.5) is 21.9 Å². The number of urea groups is 1. The molecule has 0 aliphatic carbocycles. The number of rotatable bonds is 11. The molecule has 2 aromatic heterocycles. The molecule has 3 N–H and O–H groups in total. The average Bonchev–Trinajstić information content (AvgIpc) is 3.12. The van der Waals surface area contributed by atoms with E-state index in [1.807, 2.05) is 69.3 Å². The number of hydrogen-bond acceptors (Lipinski definition) is 8. The molecule has 0 aliphatic rings. The molecule has 0 spiro atoms. The standard InChI is InChI=1S/C41H41N5O7S/c1-41(2,3)27-23-33(39(52-5)34(24-27)45-54(6,49)50)44-40(48)43-32-15-17-36(31-12-8-7-11-30(31)32)53-29-18-19-42-28(25-29)21-26-14-16-35(37(22-26)51-4)46-20-10-9-13-38(46)47/h7-20,22-25,45H,21H2,1-6H3,(H2,43,44,48). The molecular formula is C41H41N5O7S. The zero-order valence-electron chi connectivity index (χ0n) is 30.8. The quantitative estimate of drug-likeness (QED) is 0.120. The van der Waals surface area contributed by atoms with E-state index in [4.69, 9.17) is 14.2 Å². The van der Waals surface area contributed by atoms with Gasteiger partial charge < -0.3 is 24.8 Å². The lowest BCUT2D eigenvalue weighted by Gasteiger charge is -2.24. The molecule has 4 aromatic carbocycles. The third-order valence-corrected chi connectivity index (χ3v) is 9.15. The van der Waals surface area contributed by atoms with Crippen LogP contribution in [0, 0.1) is 0 Å². The Morgan fingerprint density at radius 3 is 2.22 bits per heavy atom. The van der Waals surface area contributed by atoms with Crippen molar-refractivity contribution in [3.63, 3.8) is 0 Å². The highest BCUT2D eigenvalue weighted by atomic mass is 32.2. The normalized spacial score (nSPS) is 11.5. The van der Waals surface area contributed by atoms with Gasteiger partial charge in [0.15, 0.2) is 5.75 Å². The molecule has 0 atom stereocenters. The highest BCUT2D eigenvalue weighted by Crippen LogP contribution is 2.40. The summed E-state index contributed by atoms with van der Waals surface area (Å²) in [6.45, 7) is 5.95. The third-order valence-electron chi connectivity index (χ3n) is 8.56. The number of ether oxygens (including phenoxy) is 3. The summed E-state index contributed by atoms with van der Waals surface area (Å²) >= 11 is 0. The molecule has 2 amide bonds. The molecule has 0 radical (unpaired) electrons. The van der Waals surface area contributed by atoms with E-state index in [0.717, 1.165) is 33.8 Å². The van der Waals surface area contributed by atoms with Crippen LogP contribution in [0.3, 0.4) is 0 Å². The van der Waals surface area contributed by atoms with Gasteiger partial charge in [-0.15, -0.1) is 0 Å². The van der Waals surface area contributed by atoms with Crippen molar-refractivity contribution in [2.75, 3.05) is 35.8 Å². The smallest absolute Gasteiger partial charge is 0.323 e. The van der Waals surface area contributed by atoms with Crippen LogP contribution in [0.25, 0.3) is 16.5 Å². The molecule has 12 nitrogen and oxygen atoms in total. The van der Waals surface area contributed by atoms with Crippen LogP contribution in [0.1, 0.15) is 37.6 Å². The summed E-state index contributed by atoms with van der Waals surface area (Å²) < 4.78 is 45.9. The first-order valence-electron chi connectivity index (χ1n) is 17.0. The molecule has 278 valence electrons. The van der Waals surface area contributed by atoms with E-state index in [1.165, 1.54) is 17.7 Å². The second-order valence-corrected chi connectivity index (χ2v) is 15.4. The topological polar surface area (TPSA) is 150 Å². The number of nitrogens with zero attached hydrogens (tertiary/aromatic N) is 2. The van der Waals surface area contributed by atoms with Gasteiger partial charge in [-0.05, 0) is 65.1 Å². The van der Waals surface area contributed by atoms with E-state index < -0.39 is 16.1 Å². The first-order chi connectivity index (χ1) is 25.7. The van der Waals surface area contributed by atoms with Gasteiger partial charge in [-0.2, -0.15) is 0 Å². The molecular weight excluding hydrogens is 707 g/mol. The van der Waals surface area contributed by atoms with Crippen LogP contribution in [0.15, 0.2) is 114 Å². The highest BCUT2D eigenvalue weighted by Gasteiger charge is 2.23. The Hall–Kier alpha value is -6.34. The molecule has 6 aromatic rings. The minimum Gasteiger partial charge on any atom is -0.495 e. The summed E-state index contributed by atoms with van der Waals surface area (Å²) in [7, 11) is -0.657. The lowest BCUT2D eigenvalue weighted by molar-refractivity contribution is 0.262. The number of carbonyl (C=O) groups excluding carboxylic acids is 1. The van der Waals surface area contributed by atoms with Crippen molar-refractivity contribution in [1.29, 1.82) is 0 Å². The Balaban J connectivity index is 1.22.